The zero-order valence-corrected chi connectivity index (χ0v) is 12.5. The maximum atomic E-state index is 4.59. The highest BCUT2D eigenvalue weighted by Gasteiger charge is 2.16. The lowest BCUT2D eigenvalue weighted by Crippen LogP contribution is -2.05. The van der Waals surface area contributed by atoms with Gasteiger partial charge >= 0.3 is 0 Å². The average molecular weight is 310 g/mol. The summed E-state index contributed by atoms with van der Waals surface area (Å²) < 4.78 is 2.66. The average Bonchev–Trinajstić information content (AvgIpc) is 2.76. The van der Waals surface area contributed by atoms with Gasteiger partial charge in [-0.15, -0.1) is 0 Å². The first-order valence-electron chi connectivity index (χ1n) is 5.78. The smallest absolute Gasteiger partial charge is 0.182 e. The van der Waals surface area contributed by atoms with Gasteiger partial charge in [0.15, 0.2) is 5.82 Å². The lowest BCUT2D eigenvalue weighted by Gasteiger charge is -2.12. The number of rotatable bonds is 3. The molecule has 0 aliphatic carbocycles. The van der Waals surface area contributed by atoms with Gasteiger partial charge in [-0.05, 0) is 27.9 Å². The van der Waals surface area contributed by atoms with Crippen LogP contribution in [0.15, 0.2) is 16.7 Å². The molecule has 18 heavy (non-hydrogen) atoms. The van der Waals surface area contributed by atoms with Gasteiger partial charge in [-0.2, -0.15) is 5.10 Å². The van der Waals surface area contributed by atoms with Crippen molar-refractivity contribution in [3.8, 4) is 11.5 Å². The van der Waals surface area contributed by atoms with Gasteiger partial charge in [0.25, 0.3) is 0 Å². The van der Waals surface area contributed by atoms with Gasteiger partial charge in [0, 0.05) is 20.3 Å². The topological polar surface area (TPSA) is 55.6 Å². The van der Waals surface area contributed by atoms with Crippen LogP contribution in [0.2, 0.25) is 0 Å². The summed E-state index contributed by atoms with van der Waals surface area (Å²) >= 11 is 3.54. The lowest BCUT2D eigenvalue weighted by molar-refractivity contribution is 0.765. The highest BCUT2D eigenvalue weighted by molar-refractivity contribution is 9.10. The molecule has 0 amide bonds. The highest BCUT2D eigenvalue weighted by atomic mass is 79.9. The number of aryl methyl sites for hydroxylation is 1. The van der Waals surface area contributed by atoms with Crippen molar-refractivity contribution in [3.05, 3.63) is 22.4 Å². The van der Waals surface area contributed by atoms with Crippen molar-refractivity contribution in [1.82, 2.24) is 19.7 Å². The fourth-order valence-corrected chi connectivity index (χ4v) is 2.49. The Hall–Kier alpha value is -1.43. The first-order valence-corrected chi connectivity index (χ1v) is 6.57. The van der Waals surface area contributed by atoms with Crippen LogP contribution < -0.4 is 5.32 Å². The molecule has 0 atom stereocenters. The molecular weight excluding hydrogens is 294 g/mol. The maximum absolute atomic E-state index is 4.59. The Morgan fingerprint density at radius 1 is 1.33 bits per heavy atom. The Morgan fingerprint density at radius 2 is 2.06 bits per heavy atom. The molecular formula is C12H16BrN5. The summed E-state index contributed by atoms with van der Waals surface area (Å²) in [4.78, 5) is 9.06. The standard InChI is InChI=1S/C12H16BrN5/c1-7(2)10-9(13)12(14-3)16-11(15-10)8-5-6-18(4)17-8/h5-7H,1-4H3,(H,14,15,16). The molecule has 6 heteroatoms. The molecule has 0 bridgehead atoms. The van der Waals surface area contributed by atoms with Crippen LogP contribution >= 0.6 is 15.9 Å². The van der Waals surface area contributed by atoms with Gasteiger partial charge in [0.1, 0.15) is 11.5 Å². The van der Waals surface area contributed by atoms with E-state index in [9.17, 15) is 0 Å². The minimum absolute atomic E-state index is 0.317. The molecule has 0 unspecified atom stereocenters. The van der Waals surface area contributed by atoms with E-state index in [0.29, 0.717) is 11.7 Å². The first-order chi connectivity index (χ1) is 8.52. The molecule has 0 saturated heterocycles. The van der Waals surface area contributed by atoms with E-state index in [1.165, 1.54) is 0 Å². The second kappa shape index (κ2) is 5.06. The van der Waals surface area contributed by atoms with Crippen molar-refractivity contribution in [3.63, 3.8) is 0 Å². The van der Waals surface area contributed by atoms with Gasteiger partial charge < -0.3 is 5.32 Å². The Bertz CT molecular complexity index is 562. The second-order valence-corrected chi connectivity index (χ2v) is 5.17. The van der Waals surface area contributed by atoms with Crippen molar-refractivity contribution >= 4 is 21.7 Å². The van der Waals surface area contributed by atoms with Gasteiger partial charge in [-0.1, -0.05) is 13.8 Å². The van der Waals surface area contributed by atoms with Crippen LogP contribution in [0, 0.1) is 0 Å². The third-order valence-corrected chi connectivity index (χ3v) is 3.39. The number of hydrogen-bond donors (Lipinski definition) is 1. The quantitative estimate of drug-likeness (QED) is 0.947. The van der Waals surface area contributed by atoms with Crippen LogP contribution in [0.4, 0.5) is 5.82 Å². The Kier molecular flexibility index (Phi) is 3.65. The minimum Gasteiger partial charge on any atom is -0.372 e. The molecule has 96 valence electrons. The number of aromatic nitrogens is 4. The Balaban J connectivity index is 2.58. The summed E-state index contributed by atoms with van der Waals surface area (Å²) in [5.74, 6) is 1.75. The molecule has 0 radical (unpaired) electrons. The molecule has 2 heterocycles. The van der Waals surface area contributed by atoms with Crippen LogP contribution in [0.5, 0.6) is 0 Å². The second-order valence-electron chi connectivity index (χ2n) is 4.37. The van der Waals surface area contributed by atoms with Gasteiger partial charge in [-0.3, -0.25) is 4.68 Å². The summed E-state index contributed by atoms with van der Waals surface area (Å²) in [6.07, 6.45) is 1.88. The van der Waals surface area contributed by atoms with Gasteiger partial charge in [0.2, 0.25) is 0 Å². The predicted octanol–water partition coefficient (Wildman–Crippen LogP) is 2.80. The van der Waals surface area contributed by atoms with E-state index in [4.69, 9.17) is 0 Å². The van der Waals surface area contributed by atoms with E-state index in [1.807, 2.05) is 26.4 Å². The van der Waals surface area contributed by atoms with Gasteiger partial charge in [-0.25, -0.2) is 9.97 Å². The molecule has 0 aliphatic heterocycles. The van der Waals surface area contributed by atoms with Crippen molar-refractivity contribution in [1.29, 1.82) is 0 Å². The summed E-state index contributed by atoms with van der Waals surface area (Å²) in [6.45, 7) is 4.21. The normalized spacial score (nSPS) is 11.0. The van der Waals surface area contributed by atoms with Crippen molar-refractivity contribution < 1.29 is 0 Å². The monoisotopic (exact) mass is 309 g/mol. The molecule has 2 aromatic heterocycles. The molecule has 2 rings (SSSR count). The van der Waals surface area contributed by atoms with Gasteiger partial charge in [0.05, 0.1) is 10.2 Å². The maximum Gasteiger partial charge on any atom is 0.182 e. The molecule has 1 N–H and O–H groups in total. The lowest BCUT2D eigenvalue weighted by atomic mass is 10.1. The largest absolute Gasteiger partial charge is 0.372 e. The number of anilines is 1. The third-order valence-electron chi connectivity index (χ3n) is 2.60. The molecule has 0 fully saturated rings. The van der Waals surface area contributed by atoms with E-state index in [2.05, 4.69) is 50.2 Å². The summed E-state index contributed by atoms with van der Waals surface area (Å²) in [6, 6.07) is 1.91. The van der Waals surface area contributed by atoms with E-state index in [1.54, 1.807) is 4.68 Å². The summed E-state index contributed by atoms with van der Waals surface area (Å²) in [5, 5.41) is 7.41. The van der Waals surface area contributed by atoms with E-state index >= 15 is 0 Å². The number of hydrogen-bond acceptors (Lipinski definition) is 4. The van der Waals surface area contributed by atoms with Crippen LogP contribution in [-0.4, -0.2) is 26.8 Å². The predicted molar refractivity (Wildman–Crippen MR) is 75.6 cm³/mol. The van der Waals surface area contributed by atoms with E-state index in [0.717, 1.165) is 21.7 Å². The van der Waals surface area contributed by atoms with Crippen molar-refractivity contribution in [2.75, 3.05) is 12.4 Å². The number of nitrogens with one attached hydrogen (secondary N) is 1. The molecule has 0 spiro atoms. The first kappa shape index (κ1) is 13.0. The molecule has 0 saturated carbocycles. The Labute approximate surface area is 115 Å². The third kappa shape index (κ3) is 2.38. The van der Waals surface area contributed by atoms with Crippen LogP contribution in [0.1, 0.15) is 25.5 Å². The van der Waals surface area contributed by atoms with Crippen LogP contribution in [0.3, 0.4) is 0 Å². The minimum atomic E-state index is 0.317. The van der Waals surface area contributed by atoms with Crippen molar-refractivity contribution in [2.24, 2.45) is 7.05 Å². The SMILES string of the molecule is CNc1nc(-c2ccn(C)n2)nc(C(C)C)c1Br. The zero-order valence-electron chi connectivity index (χ0n) is 10.9. The molecule has 2 aromatic rings. The van der Waals surface area contributed by atoms with E-state index in [-0.39, 0.29) is 0 Å². The summed E-state index contributed by atoms with van der Waals surface area (Å²) in [7, 11) is 3.73. The fourth-order valence-electron chi connectivity index (χ4n) is 1.66. The molecule has 0 aromatic carbocycles. The van der Waals surface area contributed by atoms with E-state index < -0.39 is 0 Å². The molecule has 5 nitrogen and oxygen atoms in total. The highest BCUT2D eigenvalue weighted by Crippen LogP contribution is 2.30. The Morgan fingerprint density at radius 3 is 2.56 bits per heavy atom. The number of halogens is 1. The molecule has 0 aliphatic rings. The van der Waals surface area contributed by atoms with Crippen LogP contribution in [0.25, 0.3) is 11.5 Å². The van der Waals surface area contributed by atoms with Crippen LogP contribution in [-0.2, 0) is 7.05 Å². The zero-order chi connectivity index (χ0) is 13.3. The number of nitrogens with zero attached hydrogens (tertiary/aromatic N) is 4. The fraction of sp³-hybridized carbons (Fsp3) is 0.417. The summed E-state index contributed by atoms with van der Waals surface area (Å²) in [5.41, 5.74) is 1.76. The van der Waals surface area contributed by atoms with Crippen molar-refractivity contribution in [2.45, 2.75) is 19.8 Å².